The molecule has 6 nitrogen and oxygen atoms in total. The van der Waals surface area contributed by atoms with Crippen molar-refractivity contribution >= 4 is 34.2 Å². The second-order valence-corrected chi connectivity index (χ2v) is 14.3. The highest BCUT2D eigenvalue weighted by Crippen LogP contribution is 2.45. The molecule has 41 heavy (non-hydrogen) atoms. The molecule has 2 aromatic carbocycles. The molecule has 224 valence electrons. The molecule has 2 N–H and O–H groups in total. The number of amides is 1. The highest BCUT2D eigenvalue weighted by atomic mass is 35.5. The molecule has 7 atom stereocenters. The number of ether oxygens (including phenoxy) is 1. The number of anilines is 1. The number of halogens is 1. The van der Waals surface area contributed by atoms with Crippen LogP contribution in [-0.4, -0.2) is 47.3 Å². The van der Waals surface area contributed by atoms with E-state index in [2.05, 4.69) is 42.5 Å². The average molecular weight is 601 g/mol. The number of aryl methyl sites for hydroxylation is 1. The fraction of sp³-hybridized carbons (Fsp3) is 0.606. The summed E-state index contributed by atoms with van der Waals surface area (Å²) in [6.45, 7) is 8.87. The van der Waals surface area contributed by atoms with Crippen molar-refractivity contribution in [2.75, 3.05) is 37.0 Å². The minimum absolute atomic E-state index is 0.145. The van der Waals surface area contributed by atoms with Gasteiger partial charge in [0.25, 0.3) is 5.91 Å². The highest BCUT2D eigenvalue weighted by molar-refractivity contribution is 7.83. The molecule has 8 heteroatoms. The van der Waals surface area contributed by atoms with E-state index in [4.69, 9.17) is 16.3 Å². The number of carbonyl (C=O) groups excluding carboxylic acids is 1. The first-order valence-electron chi connectivity index (χ1n) is 15.4. The molecule has 2 aliphatic heterocycles. The maximum atomic E-state index is 13.2. The van der Waals surface area contributed by atoms with Gasteiger partial charge in [0.05, 0.1) is 12.3 Å². The van der Waals surface area contributed by atoms with Crippen molar-refractivity contribution in [2.45, 2.75) is 65.2 Å². The van der Waals surface area contributed by atoms with Crippen molar-refractivity contribution in [3.8, 4) is 5.75 Å². The monoisotopic (exact) mass is 600 g/mol. The van der Waals surface area contributed by atoms with Crippen LogP contribution in [0.15, 0.2) is 36.4 Å². The van der Waals surface area contributed by atoms with Crippen LogP contribution in [0.5, 0.6) is 5.75 Å². The number of carbonyl (C=O) groups is 1. The fourth-order valence-corrected chi connectivity index (χ4v) is 8.40. The Labute approximate surface area is 252 Å². The molecule has 6 unspecified atom stereocenters. The molecular weight excluding hydrogens is 556 g/mol. The molecule has 0 radical (unpaired) electrons. The minimum atomic E-state index is -1.46. The lowest BCUT2D eigenvalue weighted by Crippen LogP contribution is -2.43. The van der Waals surface area contributed by atoms with Crippen LogP contribution < -0.4 is 14.4 Å². The van der Waals surface area contributed by atoms with Crippen molar-refractivity contribution in [1.82, 2.24) is 4.72 Å². The van der Waals surface area contributed by atoms with Gasteiger partial charge in [-0.2, -0.15) is 0 Å². The third-order valence-corrected chi connectivity index (χ3v) is 11.3. The van der Waals surface area contributed by atoms with Crippen LogP contribution in [0.1, 0.15) is 80.3 Å². The van der Waals surface area contributed by atoms with Gasteiger partial charge in [-0.15, -0.1) is 0 Å². The van der Waals surface area contributed by atoms with Crippen LogP contribution in [0, 0.1) is 29.6 Å². The maximum Gasteiger partial charge on any atom is 0.263 e. The van der Waals surface area contributed by atoms with E-state index in [1.165, 1.54) is 11.1 Å². The Morgan fingerprint density at radius 3 is 2.63 bits per heavy atom. The van der Waals surface area contributed by atoms with Gasteiger partial charge in [0.2, 0.25) is 0 Å². The second-order valence-electron chi connectivity index (χ2n) is 12.6. The molecule has 1 aliphatic carbocycles. The Hall–Kier alpha value is -2.09. The zero-order valence-electron chi connectivity index (χ0n) is 24.6. The molecule has 1 saturated carbocycles. The summed E-state index contributed by atoms with van der Waals surface area (Å²) in [4.78, 5) is 15.6. The van der Waals surface area contributed by atoms with E-state index in [0.29, 0.717) is 35.7 Å². The summed E-state index contributed by atoms with van der Waals surface area (Å²) < 4.78 is 22.1. The van der Waals surface area contributed by atoms with Crippen molar-refractivity contribution in [3.63, 3.8) is 0 Å². The van der Waals surface area contributed by atoms with Crippen molar-refractivity contribution < 1.29 is 18.8 Å². The summed E-state index contributed by atoms with van der Waals surface area (Å²) in [5.74, 6) is 2.83. The SMILES string of the molecule is CCCc1cc(Cl)ccc1C1COc2ccc3cc2N(C1)CC1CCC1C(CO)CC[C@H](C)C(C)CS(=O)NC3=O. The van der Waals surface area contributed by atoms with Gasteiger partial charge < -0.3 is 14.7 Å². The molecule has 0 spiro atoms. The Kier molecular flexibility index (Phi) is 9.98. The van der Waals surface area contributed by atoms with E-state index in [-0.39, 0.29) is 30.3 Å². The van der Waals surface area contributed by atoms with E-state index in [1.54, 1.807) is 6.07 Å². The van der Waals surface area contributed by atoms with Crippen LogP contribution in [-0.2, 0) is 17.4 Å². The number of fused-ring (bicyclic) bond motifs is 2. The summed E-state index contributed by atoms with van der Waals surface area (Å²) in [6.07, 6.45) is 6.24. The van der Waals surface area contributed by atoms with E-state index in [0.717, 1.165) is 68.1 Å². The molecule has 2 heterocycles. The first kappa shape index (κ1) is 30.4. The quantitative estimate of drug-likeness (QED) is 0.426. The Morgan fingerprint density at radius 1 is 1.07 bits per heavy atom. The van der Waals surface area contributed by atoms with Gasteiger partial charge >= 0.3 is 0 Å². The number of aliphatic hydroxyl groups is 1. The predicted octanol–water partition coefficient (Wildman–Crippen LogP) is 6.37. The van der Waals surface area contributed by atoms with Crippen LogP contribution >= 0.6 is 11.6 Å². The normalized spacial score (nSPS) is 30.8. The number of aliphatic hydroxyl groups excluding tert-OH is 1. The van der Waals surface area contributed by atoms with Crippen LogP contribution in [0.4, 0.5) is 5.69 Å². The summed E-state index contributed by atoms with van der Waals surface area (Å²) >= 11 is 6.40. The summed E-state index contributed by atoms with van der Waals surface area (Å²) in [6, 6.07) is 11.8. The Balaban J connectivity index is 1.51. The predicted molar refractivity (Wildman–Crippen MR) is 167 cm³/mol. The molecule has 1 fully saturated rings. The Morgan fingerprint density at radius 2 is 1.90 bits per heavy atom. The van der Waals surface area contributed by atoms with E-state index < -0.39 is 11.0 Å². The number of hydrogen-bond acceptors (Lipinski definition) is 5. The molecule has 0 aromatic heterocycles. The first-order chi connectivity index (χ1) is 19.8. The molecule has 1 amide bonds. The second kappa shape index (κ2) is 13.5. The lowest BCUT2D eigenvalue weighted by Gasteiger charge is -2.45. The maximum absolute atomic E-state index is 13.2. The molecule has 2 aromatic rings. The number of nitrogens with zero attached hydrogens (tertiary/aromatic N) is 1. The fourth-order valence-electron chi connectivity index (χ4n) is 6.99. The minimum Gasteiger partial charge on any atom is -0.491 e. The van der Waals surface area contributed by atoms with Gasteiger partial charge in [0.1, 0.15) is 16.7 Å². The number of benzene rings is 2. The first-order valence-corrected chi connectivity index (χ1v) is 17.1. The van der Waals surface area contributed by atoms with E-state index >= 15 is 0 Å². The molecule has 3 aliphatic rings. The topological polar surface area (TPSA) is 78.9 Å². The number of rotatable bonds is 4. The third kappa shape index (κ3) is 6.94. The lowest BCUT2D eigenvalue weighted by molar-refractivity contribution is 0.0549. The largest absolute Gasteiger partial charge is 0.491 e. The third-order valence-electron chi connectivity index (χ3n) is 9.86. The van der Waals surface area contributed by atoms with E-state index in [1.807, 2.05) is 18.2 Å². The zero-order valence-corrected chi connectivity index (χ0v) is 26.2. The number of nitrogens with one attached hydrogen (secondary N) is 1. The van der Waals surface area contributed by atoms with E-state index in [9.17, 15) is 14.1 Å². The van der Waals surface area contributed by atoms with Crippen molar-refractivity contribution in [1.29, 1.82) is 0 Å². The zero-order chi connectivity index (χ0) is 29.1. The lowest BCUT2D eigenvalue weighted by atomic mass is 9.65. The van der Waals surface area contributed by atoms with Gasteiger partial charge in [-0.1, -0.05) is 51.3 Å². The smallest absolute Gasteiger partial charge is 0.263 e. The summed E-state index contributed by atoms with van der Waals surface area (Å²) in [7, 11) is -1.46. The van der Waals surface area contributed by atoms with Crippen LogP contribution in [0.2, 0.25) is 5.02 Å². The van der Waals surface area contributed by atoms with Gasteiger partial charge in [-0.25, -0.2) is 4.21 Å². The van der Waals surface area contributed by atoms with Gasteiger partial charge in [0, 0.05) is 42.0 Å². The van der Waals surface area contributed by atoms with Crippen molar-refractivity contribution in [2.24, 2.45) is 29.6 Å². The molecule has 5 rings (SSSR count). The van der Waals surface area contributed by atoms with Gasteiger partial charge in [0.15, 0.2) is 0 Å². The van der Waals surface area contributed by atoms with Gasteiger partial charge in [-0.3, -0.25) is 9.52 Å². The van der Waals surface area contributed by atoms with Crippen LogP contribution in [0.3, 0.4) is 0 Å². The number of hydrogen-bond donors (Lipinski definition) is 2. The molecule has 2 bridgehead atoms. The highest BCUT2D eigenvalue weighted by Gasteiger charge is 2.39. The standard InChI is InChI=1S/C33H45ClN2O4S/c1-4-5-23-14-28(34)10-12-29(23)27-17-36-16-25-8-11-30(25)26(18-37)7-6-21(2)22(3)20-41(39)35-33(38)24-9-13-32(40-19-27)31(36)15-24/h9-10,12-15,21-22,25-27,30,37H,4-8,11,16-20H2,1-3H3,(H,35,38)/t21-,22?,25?,26?,27?,30?,41?/m0/s1. The Bertz CT molecular complexity index is 1260. The van der Waals surface area contributed by atoms with Crippen LogP contribution in [0.25, 0.3) is 0 Å². The summed E-state index contributed by atoms with van der Waals surface area (Å²) in [5, 5.41) is 11.2. The average Bonchev–Trinajstić information content (AvgIpc) is 3.11. The molecular formula is C33H45ClN2O4S. The van der Waals surface area contributed by atoms with Gasteiger partial charge in [-0.05, 0) is 96.7 Å². The molecule has 0 saturated heterocycles. The van der Waals surface area contributed by atoms with Crippen molar-refractivity contribution in [3.05, 3.63) is 58.1 Å². The summed E-state index contributed by atoms with van der Waals surface area (Å²) in [5.41, 5.74) is 3.94.